The number of nitrogens with zero attached hydrogens (tertiary/aromatic N) is 3. The van der Waals surface area contributed by atoms with Crippen molar-refractivity contribution in [3.63, 3.8) is 0 Å². The highest BCUT2D eigenvalue weighted by Crippen LogP contribution is 2.23. The molecule has 0 radical (unpaired) electrons. The Morgan fingerprint density at radius 2 is 2.17 bits per heavy atom. The monoisotopic (exact) mass is 161 g/mol. The number of hydrogen-bond donors (Lipinski definition) is 0. The van der Waals surface area contributed by atoms with Gasteiger partial charge in [-0.25, -0.2) is 9.67 Å². The Labute approximate surface area is 71.4 Å². The van der Waals surface area contributed by atoms with E-state index in [1.54, 1.807) is 11.0 Å². The number of allylic oxidation sites excluding steroid dienone is 3. The molecule has 1 aromatic rings. The molecule has 12 heavy (non-hydrogen) atoms. The van der Waals surface area contributed by atoms with Crippen molar-refractivity contribution in [3.05, 3.63) is 30.4 Å². The fourth-order valence-corrected chi connectivity index (χ4v) is 1.32. The molecule has 0 fully saturated rings. The van der Waals surface area contributed by atoms with Gasteiger partial charge >= 0.3 is 0 Å². The summed E-state index contributed by atoms with van der Waals surface area (Å²) in [5.74, 6) is 0.979. The van der Waals surface area contributed by atoms with E-state index in [2.05, 4.69) is 30.0 Å². The van der Waals surface area contributed by atoms with Gasteiger partial charge < -0.3 is 0 Å². The van der Waals surface area contributed by atoms with Crippen molar-refractivity contribution < 1.29 is 0 Å². The van der Waals surface area contributed by atoms with Gasteiger partial charge in [0.15, 0.2) is 0 Å². The van der Waals surface area contributed by atoms with E-state index in [1.807, 2.05) is 18.4 Å². The summed E-state index contributed by atoms with van der Waals surface area (Å²) in [5.41, 5.74) is -0.0278. The van der Waals surface area contributed by atoms with E-state index in [0.717, 1.165) is 5.82 Å². The predicted octanol–water partition coefficient (Wildman–Crippen LogP) is 1.60. The van der Waals surface area contributed by atoms with Gasteiger partial charge in [-0.1, -0.05) is 12.2 Å². The third-order valence-electron chi connectivity index (χ3n) is 2.00. The van der Waals surface area contributed by atoms with Crippen LogP contribution in [0.1, 0.15) is 19.7 Å². The largest absolute Gasteiger partial charge is 0.224 e. The van der Waals surface area contributed by atoms with Crippen molar-refractivity contribution in [1.82, 2.24) is 14.8 Å². The smallest absolute Gasteiger partial charge is 0.141 e. The summed E-state index contributed by atoms with van der Waals surface area (Å²) in [6, 6.07) is 0. The van der Waals surface area contributed by atoms with Gasteiger partial charge in [0, 0.05) is 11.6 Å². The maximum absolute atomic E-state index is 4.22. The maximum atomic E-state index is 4.22. The van der Waals surface area contributed by atoms with Crippen LogP contribution in [0.5, 0.6) is 0 Å². The molecule has 0 spiro atoms. The van der Waals surface area contributed by atoms with Crippen LogP contribution in [0, 0.1) is 0 Å². The van der Waals surface area contributed by atoms with Gasteiger partial charge in [-0.3, -0.25) is 0 Å². The molecule has 3 heteroatoms. The molecule has 0 aliphatic carbocycles. The molecule has 0 N–H and O–H groups in total. The van der Waals surface area contributed by atoms with Gasteiger partial charge in [0.05, 0.1) is 0 Å². The number of rotatable bonds is 0. The Hall–Kier alpha value is -1.38. The molecule has 1 aliphatic heterocycles. The minimum absolute atomic E-state index is 0.0278. The third kappa shape index (κ3) is 0.978. The highest BCUT2D eigenvalue weighted by Gasteiger charge is 2.23. The molecule has 0 amide bonds. The minimum Gasteiger partial charge on any atom is -0.224 e. The molecule has 1 aliphatic rings. The maximum Gasteiger partial charge on any atom is 0.141 e. The first kappa shape index (κ1) is 7.28. The van der Waals surface area contributed by atoms with E-state index in [0.29, 0.717) is 0 Å². The second kappa shape index (κ2) is 2.30. The molecule has 0 saturated heterocycles. The second-order valence-electron chi connectivity index (χ2n) is 3.45. The Morgan fingerprint density at radius 3 is 3.00 bits per heavy atom. The zero-order chi connectivity index (χ0) is 8.60. The molecular weight excluding hydrogens is 150 g/mol. The van der Waals surface area contributed by atoms with Crippen molar-refractivity contribution in [3.8, 4) is 0 Å². The highest BCUT2D eigenvalue weighted by molar-refractivity contribution is 5.35. The molecule has 1 aromatic heterocycles. The molecule has 0 atom stereocenters. The van der Waals surface area contributed by atoms with E-state index in [-0.39, 0.29) is 5.41 Å². The predicted molar refractivity (Wildman–Crippen MR) is 47.5 cm³/mol. The third-order valence-corrected chi connectivity index (χ3v) is 2.00. The number of aromatic nitrogens is 3. The Morgan fingerprint density at radius 1 is 1.33 bits per heavy atom. The lowest BCUT2D eigenvalue weighted by Crippen LogP contribution is -2.18. The normalized spacial score (nSPS) is 18.8. The summed E-state index contributed by atoms with van der Waals surface area (Å²) in [5, 5.41) is 4.09. The van der Waals surface area contributed by atoms with Gasteiger partial charge in [0.25, 0.3) is 0 Å². The fourth-order valence-electron chi connectivity index (χ4n) is 1.32. The first-order chi connectivity index (χ1) is 5.70. The Kier molecular flexibility index (Phi) is 1.40. The molecule has 0 saturated carbocycles. The van der Waals surface area contributed by atoms with Gasteiger partial charge in [-0.15, -0.1) is 0 Å². The van der Waals surface area contributed by atoms with E-state index >= 15 is 0 Å². The summed E-state index contributed by atoms with van der Waals surface area (Å²) in [6.07, 6.45) is 9.61. The van der Waals surface area contributed by atoms with Gasteiger partial charge in [0.1, 0.15) is 12.2 Å². The quantitative estimate of drug-likeness (QED) is 0.578. The van der Waals surface area contributed by atoms with Crippen LogP contribution < -0.4 is 0 Å². The van der Waals surface area contributed by atoms with Crippen molar-refractivity contribution in [2.75, 3.05) is 0 Å². The molecule has 3 nitrogen and oxygen atoms in total. The topological polar surface area (TPSA) is 30.7 Å². The van der Waals surface area contributed by atoms with Crippen LogP contribution in [0.4, 0.5) is 0 Å². The van der Waals surface area contributed by atoms with Crippen LogP contribution in [0.25, 0.3) is 6.20 Å². The van der Waals surface area contributed by atoms with Gasteiger partial charge in [-0.05, 0) is 19.9 Å². The highest BCUT2D eigenvalue weighted by atomic mass is 15.3. The van der Waals surface area contributed by atoms with Crippen LogP contribution in [-0.2, 0) is 5.41 Å². The first-order valence-corrected chi connectivity index (χ1v) is 3.96. The Balaban J connectivity index is 2.61. The molecule has 0 bridgehead atoms. The lowest BCUT2D eigenvalue weighted by Gasteiger charge is -2.16. The summed E-state index contributed by atoms with van der Waals surface area (Å²) in [7, 11) is 0. The van der Waals surface area contributed by atoms with Crippen molar-refractivity contribution >= 4 is 6.20 Å². The van der Waals surface area contributed by atoms with Crippen molar-refractivity contribution in [2.45, 2.75) is 19.3 Å². The van der Waals surface area contributed by atoms with Gasteiger partial charge in [0.2, 0.25) is 0 Å². The standard InChI is InChI=1S/C9H11N3/c1-9(2)5-3-4-6-12-8(9)10-7-11-12/h3-7H,1-2H3. The number of hydrogen-bond acceptors (Lipinski definition) is 2. The zero-order valence-corrected chi connectivity index (χ0v) is 7.23. The average Bonchev–Trinajstić information content (AvgIpc) is 2.42. The molecule has 62 valence electrons. The summed E-state index contributed by atoms with van der Waals surface area (Å²) in [4.78, 5) is 4.22. The van der Waals surface area contributed by atoms with Crippen LogP contribution in [0.15, 0.2) is 24.6 Å². The summed E-state index contributed by atoms with van der Waals surface area (Å²) >= 11 is 0. The lowest BCUT2D eigenvalue weighted by atomic mass is 9.92. The molecule has 0 unspecified atom stereocenters. The fraction of sp³-hybridized carbons (Fsp3) is 0.333. The first-order valence-electron chi connectivity index (χ1n) is 3.96. The van der Waals surface area contributed by atoms with Crippen LogP contribution in [-0.4, -0.2) is 14.8 Å². The van der Waals surface area contributed by atoms with E-state index in [1.165, 1.54) is 0 Å². The zero-order valence-electron chi connectivity index (χ0n) is 7.23. The van der Waals surface area contributed by atoms with Crippen LogP contribution in [0.3, 0.4) is 0 Å². The summed E-state index contributed by atoms with van der Waals surface area (Å²) in [6.45, 7) is 4.24. The molecular formula is C9H11N3. The van der Waals surface area contributed by atoms with E-state index in [9.17, 15) is 0 Å². The molecule has 0 aromatic carbocycles. The SMILES string of the molecule is CC1(C)C=CC=Cn2ncnc21. The molecule has 2 rings (SSSR count). The van der Waals surface area contributed by atoms with Crippen molar-refractivity contribution in [1.29, 1.82) is 0 Å². The van der Waals surface area contributed by atoms with Crippen molar-refractivity contribution in [2.24, 2.45) is 0 Å². The average molecular weight is 161 g/mol. The van der Waals surface area contributed by atoms with Gasteiger partial charge in [-0.2, -0.15) is 5.10 Å². The van der Waals surface area contributed by atoms with E-state index < -0.39 is 0 Å². The minimum atomic E-state index is -0.0278. The van der Waals surface area contributed by atoms with Crippen LogP contribution in [0.2, 0.25) is 0 Å². The lowest BCUT2D eigenvalue weighted by molar-refractivity contribution is 0.599. The number of fused-ring (bicyclic) bond motifs is 1. The van der Waals surface area contributed by atoms with Crippen LogP contribution >= 0.6 is 0 Å². The summed E-state index contributed by atoms with van der Waals surface area (Å²) < 4.78 is 1.81. The Bertz CT molecular complexity index is 344. The second-order valence-corrected chi connectivity index (χ2v) is 3.45. The molecule has 2 heterocycles. The van der Waals surface area contributed by atoms with E-state index in [4.69, 9.17) is 0 Å².